The summed E-state index contributed by atoms with van der Waals surface area (Å²) >= 11 is 0. The zero-order valence-corrected chi connectivity index (χ0v) is 9.14. The van der Waals surface area contributed by atoms with Crippen LogP contribution in [0.2, 0.25) is 0 Å². The summed E-state index contributed by atoms with van der Waals surface area (Å²) in [4.78, 5) is 24.0. The van der Waals surface area contributed by atoms with Crippen LogP contribution in [0.5, 0.6) is 0 Å². The molecule has 0 aromatic heterocycles. The predicted octanol–water partition coefficient (Wildman–Crippen LogP) is -0.309. The summed E-state index contributed by atoms with van der Waals surface area (Å²) in [6.45, 7) is 1.20. The SMILES string of the molecule is COC(=O)CC1CN(C(=O)CC#N)CCO1. The van der Waals surface area contributed by atoms with Crippen LogP contribution in [-0.4, -0.2) is 49.7 Å². The van der Waals surface area contributed by atoms with Gasteiger partial charge in [0.2, 0.25) is 5.91 Å². The maximum atomic E-state index is 11.4. The van der Waals surface area contributed by atoms with Gasteiger partial charge in [0.15, 0.2) is 0 Å². The molecule has 0 aromatic carbocycles. The van der Waals surface area contributed by atoms with Crippen LogP contribution in [0, 0.1) is 11.3 Å². The highest BCUT2D eigenvalue weighted by Crippen LogP contribution is 2.10. The summed E-state index contributed by atoms with van der Waals surface area (Å²) in [6.07, 6.45) is -0.332. The van der Waals surface area contributed by atoms with Crippen molar-refractivity contribution in [2.75, 3.05) is 26.8 Å². The summed E-state index contributed by atoms with van der Waals surface area (Å²) in [7, 11) is 1.31. The maximum absolute atomic E-state index is 11.4. The summed E-state index contributed by atoms with van der Waals surface area (Å²) in [5.74, 6) is -0.583. The first-order valence-corrected chi connectivity index (χ1v) is 5.00. The molecule has 0 radical (unpaired) electrons. The third kappa shape index (κ3) is 3.51. The molecule has 6 heteroatoms. The first-order valence-electron chi connectivity index (χ1n) is 5.00. The smallest absolute Gasteiger partial charge is 0.308 e. The zero-order valence-electron chi connectivity index (χ0n) is 9.14. The van der Waals surface area contributed by atoms with Crippen LogP contribution in [0.25, 0.3) is 0 Å². The third-order valence-electron chi connectivity index (χ3n) is 2.34. The number of amides is 1. The minimum absolute atomic E-state index is 0.132. The average Bonchev–Trinajstić information content (AvgIpc) is 2.29. The molecule has 0 aromatic rings. The quantitative estimate of drug-likeness (QED) is 0.617. The predicted molar refractivity (Wildman–Crippen MR) is 53.2 cm³/mol. The molecule has 1 heterocycles. The van der Waals surface area contributed by atoms with Crippen LogP contribution >= 0.6 is 0 Å². The van der Waals surface area contributed by atoms with E-state index in [1.807, 2.05) is 6.07 Å². The summed E-state index contributed by atoms with van der Waals surface area (Å²) in [6, 6.07) is 1.81. The number of hydrogen-bond donors (Lipinski definition) is 0. The molecule has 1 amide bonds. The Labute approximate surface area is 93.7 Å². The van der Waals surface area contributed by atoms with Gasteiger partial charge >= 0.3 is 5.97 Å². The summed E-state index contributed by atoms with van der Waals surface area (Å²) < 4.78 is 9.85. The van der Waals surface area contributed by atoms with E-state index in [0.717, 1.165) is 0 Å². The maximum Gasteiger partial charge on any atom is 0.308 e. The summed E-state index contributed by atoms with van der Waals surface area (Å²) in [5, 5.41) is 8.41. The fourth-order valence-corrected chi connectivity index (χ4v) is 1.52. The Balaban J connectivity index is 2.44. The number of morpholine rings is 1. The van der Waals surface area contributed by atoms with Crippen LogP contribution in [0.1, 0.15) is 12.8 Å². The van der Waals surface area contributed by atoms with Gasteiger partial charge in [0.1, 0.15) is 6.42 Å². The standard InChI is InChI=1S/C10H14N2O4/c1-15-10(14)6-8-7-12(4-5-16-8)9(13)2-3-11/h8H,2,4-7H2,1H3. The second-order valence-electron chi connectivity index (χ2n) is 3.45. The van der Waals surface area contributed by atoms with Crippen molar-refractivity contribution >= 4 is 11.9 Å². The number of carbonyl (C=O) groups is 2. The van der Waals surface area contributed by atoms with Gasteiger partial charge in [-0.3, -0.25) is 9.59 Å². The van der Waals surface area contributed by atoms with Crippen molar-refractivity contribution < 1.29 is 19.1 Å². The minimum atomic E-state index is -0.361. The third-order valence-corrected chi connectivity index (χ3v) is 2.34. The lowest BCUT2D eigenvalue weighted by molar-refractivity contribution is -0.149. The Morgan fingerprint density at radius 3 is 3.00 bits per heavy atom. The van der Waals surface area contributed by atoms with E-state index in [9.17, 15) is 9.59 Å². The molecule has 1 atom stereocenters. The Hall–Kier alpha value is -1.61. The van der Waals surface area contributed by atoms with Gasteiger partial charge in [0, 0.05) is 13.1 Å². The molecule has 1 saturated heterocycles. The molecule has 1 aliphatic rings. The van der Waals surface area contributed by atoms with Gasteiger partial charge in [0.25, 0.3) is 0 Å². The largest absolute Gasteiger partial charge is 0.469 e. The molecule has 16 heavy (non-hydrogen) atoms. The highest BCUT2D eigenvalue weighted by atomic mass is 16.5. The van der Waals surface area contributed by atoms with E-state index < -0.39 is 0 Å². The van der Waals surface area contributed by atoms with Crippen molar-refractivity contribution in [3.63, 3.8) is 0 Å². The highest BCUT2D eigenvalue weighted by Gasteiger charge is 2.25. The minimum Gasteiger partial charge on any atom is -0.469 e. The molecule has 1 rings (SSSR count). The lowest BCUT2D eigenvalue weighted by Gasteiger charge is -2.32. The number of esters is 1. The van der Waals surface area contributed by atoms with Crippen LogP contribution in [0.4, 0.5) is 0 Å². The van der Waals surface area contributed by atoms with Crippen molar-refractivity contribution in [2.45, 2.75) is 18.9 Å². The monoisotopic (exact) mass is 226 g/mol. The fraction of sp³-hybridized carbons (Fsp3) is 0.700. The molecule has 1 unspecified atom stereocenters. The van der Waals surface area contributed by atoms with E-state index >= 15 is 0 Å². The van der Waals surface area contributed by atoms with Crippen molar-refractivity contribution in [3.05, 3.63) is 0 Å². The van der Waals surface area contributed by atoms with Gasteiger partial charge in [-0.05, 0) is 0 Å². The molecule has 1 aliphatic heterocycles. The van der Waals surface area contributed by atoms with E-state index in [2.05, 4.69) is 4.74 Å². The van der Waals surface area contributed by atoms with Crippen LogP contribution in [0.15, 0.2) is 0 Å². The second-order valence-corrected chi connectivity index (χ2v) is 3.45. The molecule has 0 spiro atoms. The van der Waals surface area contributed by atoms with Gasteiger partial charge in [0.05, 0.1) is 32.3 Å². The zero-order chi connectivity index (χ0) is 12.0. The van der Waals surface area contributed by atoms with Gasteiger partial charge in [-0.2, -0.15) is 5.26 Å². The summed E-state index contributed by atoms with van der Waals surface area (Å²) in [5.41, 5.74) is 0. The first-order chi connectivity index (χ1) is 7.67. The Morgan fingerprint density at radius 1 is 1.62 bits per heavy atom. The number of ether oxygens (including phenoxy) is 2. The van der Waals surface area contributed by atoms with Crippen molar-refractivity contribution in [1.29, 1.82) is 5.26 Å². The van der Waals surface area contributed by atoms with E-state index in [1.165, 1.54) is 7.11 Å². The Morgan fingerprint density at radius 2 is 2.38 bits per heavy atom. The first kappa shape index (κ1) is 12.5. The Bertz CT molecular complexity index is 310. The second kappa shape index (κ2) is 6.08. The Kier molecular flexibility index (Phi) is 4.73. The normalized spacial score (nSPS) is 20.0. The number of nitrogens with zero attached hydrogens (tertiary/aromatic N) is 2. The molecule has 0 bridgehead atoms. The van der Waals surface area contributed by atoms with E-state index in [-0.39, 0.29) is 30.8 Å². The molecule has 6 nitrogen and oxygen atoms in total. The fourth-order valence-electron chi connectivity index (χ4n) is 1.52. The van der Waals surface area contributed by atoms with E-state index in [4.69, 9.17) is 10.00 Å². The molecular weight excluding hydrogens is 212 g/mol. The van der Waals surface area contributed by atoms with Crippen LogP contribution < -0.4 is 0 Å². The number of rotatable bonds is 3. The van der Waals surface area contributed by atoms with Crippen molar-refractivity contribution in [3.8, 4) is 6.07 Å². The molecule has 0 N–H and O–H groups in total. The molecule has 0 saturated carbocycles. The molecular formula is C10H14N2O4. The topological polar surface area (TPSA) is 79.6 Å². The molecule has 0 aliphatic carbocycles. The van der Waals surface area contributed by atoms with Crippen LogP contribution in [0.3, 0.4) is 0 Å². The van der Waals surface area contributed by atoms with Gasteiger partial charge < -0.3 is 14.4 Å². The molecule has 1 fully saturated rings. The average molecular weight is 226 g/mol. The number of carbonyl (C=O) groups excluding carboxylic acids is 2. The lowest BCUT2D eigenvalue weighted by Crippen LogP contribution is -2.46. The number of nitriles is 1. The molecule has 88 valence electrons. The van der Waals surface area contributed by atoms with Gasteiger partial charge in [-0.25, -0.2) is 0 Å². The lowest BCUT2D eigenvalue weighted by atomic mass is 10.2. The van der Waals surface area contributed by atoms with Crippen molar-refractivity contribution in [2.24, 2.45) is 0 Å². The number of hydrogen-bond acceptors (Lipinski definition) is 5. The number of methoxy groups -OCH3 is 1. The highest BCUT2D eigenvalue weighted by molar-refractivity contribution is 5.78. The van der Waals surface area contributed by atoms with Gasteiger partial charge in [-0.1, -0.05) is 0 Å². The van der Waals surface area contributed by atoms with Gasteiger partial charge in [-0.15, -0.1) is 0 Å². The van der Waals surface area contributed by atoms with E-state index in [1.54, 1.807) is 4.90 Å². The van der Waals surface area contributed by atoms with Crippen LogP contribution in [-0.2, 0) is 19.1 Å². The van der Waals surface area contributed by atoms with Crippen molar-refractivity contribution in [1.82, 2.24) is 4.90 Å². The van der Waals surface area contributed by atoms with E-state index in [0.29, 0.717) is 19.7 Å².